The predicted octanol–water partition coefficient (Wildman–Crippen LogP) is 2.07. The van der Waals surface area contributed by atoms with Crippen LogP contribution < -0.4 is 0 Å². The van der Waals surface area contributed by atoms with Gasteiger partial charge in [0.15, 0.2) is 0 Å². The Labute approximate surface area is 66.1 Å². The molecule has 0 atom stereocenters. The van der Waals surface area contributed by atoms with Crippen molar-refractivity contribution in [2.45, 2.75) is 19.8 Å². The molecule has 0 saturated carbocycles. The predicted molar refractivity (Wildman–Crippen MR) is 41.2 cm³/mol. The van der Waals surface area contributed by atoms with E-state index < -0.39 is 0 Å². The van der Waals surface area contributed by atoms with E-state index in [4.69, 9.17) is 10.5 Å². The smallest absolute Gasteiger partial charge is 0.0949 e. The molecule has 0 bridgehead atoms. The summed E-state index contributed by atoms with van der Waals surface area (Å²) in [5, 5.41) is 17.1. The van der Waals surface area contributed by atoms with Crippen molar-refractivity contribution in [1.29, 1.82) is 10.5 Å². The summed E-state index contributed by atoms with van der Waals surface area (Å²) in [4.78, 5) is 0. The second-order valence-electron chi connectivity index (χ2n) is 2.55. The molecular weight excluding hydrogens is 136 g/mol. The number of hydrogen-bond donors (Lipinski definition) is 0. The molecule has 54 valence electrons. The number of rotatable bonds is 0. The second kappa shape index (κ2) is 3.03. The molecule has 0 aromatic heterocycles. The summed E-state index contributed by atoms with van der Waals surface area (Å²) in [6, 6.07) is 4.22. The summed E-state index contributed by atoms with van der Waals surface area (Å²) in [6.45, 7) is 1.87. The van der Waals surface area contributed by atoms with E-state index in [2.05, 4.69) is 12.1 Å². The third-order valence-corrected chi connectivity index (χ3v) is 1.79. The monoisotopic (exact) mass is 144 g/mol. The normalized spacial score (nSPS) is 16.8. The Morgan fingerprint density at radius 1 is 1.27 bits per heavy atom. The van der Waals surface area contributed by atoms with Gasteiger partial charge in [0.25, 0.3) is 0 Å². The molecule has 0 aromatic rings. The molecule has 2 heteroatoms. The van der Waals surface area contributed by atoms with Crippen LogP contribution >= 0.6 is 0 Å². The van der Waals surface area contributed by atoms with Crippen molar-refractivity contribution in [3.63, 3.8) is 0 Å². The molecule has 0 amide bonds. The Balaban J connectivity index is 2.98. The van der Waals surface area contributed by atoms with Crippen molar-refractivity contribution in [3.8, 4) is 12.1 Å². The fourth-order valence-corrected chi connectivity index (χ4v) is 1.11. The summed E-state index contributed by atoms with van der Waals surface area (Å²) in [5.41, 5.74) is 2.53. The Bertz CT molecular complexity index is 307. The highest BCUT2D eigenvalue weighted by molar-refractivity contribution is 5.43. The lowest BCUT2D eigenvalue weighted by Gasteiger charge is -2.07. The highest BCUT2D eigenvalue weighted by Crippen LogP contribution is 2.22. The molecule has 2 nitrogen and oxygen atoms in total. The molecule has 0 aliphatic heterocycles. The van der Waals surface area contributed by atoms with Gasteiger partial charge in [-0.3, -0.25) is 0 Å². The molecule has 0 aromatic carbocycles. The molecule has 0 spiro atoms. The van der Waals surface area contributed by atoms with Gasteiger partial charge in [-0.15, -0.1) is 0 Å². The van der Waals surface area contributed by atoms with Crippen molar-refractivity contribution in [1.82, 2.24) is 0 Å². The van der Waals surface area contributed by atoms with Crippen LogP contribution in [0.3, 0.4) is 0 Å². The lowest BCUT2D eigenvalue weighted by atomic mass is 9.95. The van der Waals surface area contributed by atoms with Crippen molar-refractivity contribution in [3.05, 3.63) is 22.8 Å². The molecule has 0 saturated heterocycles. The quantitative estimate of drug-likeness (QED) is 0.522. The highest BCUT2D eigenvalue weighted by atomic mass is 14.3. The number of nitrogens with zero attached hydrogens (tertiary/aromatic N) is 2. The van der Waals surface area contributed by atoms with Gasteiger partial charge in [-0.05, 0) is 31.4 Å². The minimum Gasteiger partial charge on any atom is -0.193 e. The maximum absolute atomic E-state index is 8.60. The van der Waals surface area contributed by atoms with Crippen LogP contribution in [0.1, 0.15) is 19.8 Å². The highest BCUT2D eigenvalue weighted by Gasteiger charge is 2.08. The SMILES string of the molecule is CC1=C(C#N)CCC(C#N)=C1. The Hall–Kier alpha value is -1.54. The lowest BCUT2D eigenvalue weighted by molar-refractivity contribution is 0.939. The number of allylic oxidation sites excluding steroid dienone is 4. The van der Waals surface area contributed by atoms with Crippen molar-refractivity contribution in [2.24, 2.45) is 0 Å². The zero-order chi connectivity index (χ0) is 8.27. The molecule has 0 fully saturated rings. The summed E-state index contributed by atoms with van der Waals surface area (Å²) < 4.78 is 0. The van der Waals surface area contributed by atoms with Gasteiger partial charge in [-0.1, -0.05) is 0 Å². The Kier molecular flexibility index (Phi) is 2.09. The minimum absolute atomic E-state index is 0.719. The van der Waals surface area contributed by atoms with Gasteiger partial charge in [0.2, 0.25) is 0 Å². The summed E-state index contributed by atoms with van der Waals surface area (Å²) in [7, 11) is 0. The van der Waals surface area contributed by atoms with E-state index in [-0.39, 0.29) is 0 Å². The van der Waals surface area contributed by atoms with E-state index in [1.54, 1.807) is 6.08 Å². The van der Waals surface area contributed by atoms with Gasteiger partial charge in [0.1, 0.15) is 0 Å². The van der Waals surface area contributed by atoms with E-state index in [9.17, 15) is 0 Å². The van der Waals surface area contributed by atoms with E-state index in [1.807, 2.05) is 6.92 Å². The van der Waals surface area contributed by atoms with Crippen LogP contribution in [-0.2, 0) is 0 Å². The van der Waals surface area contributed by atoms with E-state index in [0.29, 0.717) is 0 Å². The first-order valence-electron chi connectivity index (χ1n) is 3.48. The maximum atomic E-state index is 8.60. The number of hydrogen-bond acceptors (Lipinski definition) is 2. The van der Waals surface area contributed by atoms with Crippen molar-refractivity contribution < 1.29 is 0 Å². The van der Waals surface area contributed by atoms with Crippen LogP contribution in [0.4, 0.5) is 0 Å². The lowest BCUT2D eigenvalue weighted by Crippen LogP contribution is -1.94. The largest absolute Gasteiger partial charge is 0.193 e. The molecule has 0 N–H and O–H groups in total. The zero-order valence-electron chi connectivity index (χ0n) is 6.39. The molecule has 1 rings (SSSR count). The third kappa shape index (κ3) is 1.48. The molecule has 1 aliphatic rings. The minimum atomic E-state index is 0.719. The van der Waals surface area contributed by atoms with Gasteiger partial charge in [-0.2, -0.15) is 10.5 Å². The van der Waals surface area contributed by atoms with E-state index >= 15 is 0 Å². The first kappa shape index (κ1) is 7.57. The molecular formula is C9H8N2. The fraction of sp³-hybridized carbons (Fsp3) is 0.333. The van der Waals surface area contributed by atoms with Crippen LogP contribution in [0.15, 0.2) is 22.8 Å². The van der Waals surface area contributed by atoms with Crippen molar-refractivity contribution in [2.75, 3.05) is 0 Å². The molecule has 0 radical (unpaired) electrons. The van der Waals surface area contributed by atoms with Crippen LogP contribution in [-0.4, -0.2) is 0 Å². The molecule has 0 unspecified atom stereocenters. The van der Waals surface area contributed by atoms with Gasteiger partial charge in [-0.25, -0.2) is 0 Å². The van der Waals surface area contributed by atoms with Gasteiger partial charge in [0.05, 0.1) is 12.1 Å². The van der Waals surface area contributed by atoms with Crippen LogP contribution in [0.2, 0.25) is 0 Å². The first-order valence-corrected chi connectivity index (χ1v) is 3.48. The third-order valence-electron chi connectivity index (χ3n) is 1.79. The van der Waals surface area contributed by atoms with Gasteiger partial charge in [0, 0.05) is 11.1 Å². The first-order chi connectivity index (χ1) is 5.27. The molecule has 0 heterocycles. The summed E-state index contributed by atoms with van der Waals surface area (Å²) >= 11 is 0. The molecule has 1 aliphatic carbocycles. The average Bonchev–Trinajstić information content (AvgIpc) is 2.04. The van der Waals surface area contributed by atoms with Crippen molar-refractivity contribution >= 4 is 0 Å². The maximum Gasteiger partial charge on any atom is 0.0949 e. The summed E-state index contributed by atoms with van der Waals surface area (Å²) in [6.07, 6.45) is 3.24. The Morgan fingerprint density at radius 3 is 2.45 bits per heavy atom. The van der Waals surface area contributed by atoms with Gasteiger partial charge >= 0.3 is 0 Å². The van der Waals surface area contributed by atoms with E-state index in [0.717, 1.165) is 29.6 Å². The average molecular weight is 144 g/mol. The molecule has 11 heavy (non-hydrogen) atoms. The van der Waals surface area contributed by atoms with Gasteiger partial charge < -0.3 is 0 Å². The number of nitriles is 2. The topological polar surface area (TPSA) is 47.6 Å². The van der Waals surface area contributed by atoms with Crippen LogP contribution in [0.25, 0.3) is 0 Å². The van der Waals surface area contributed by atoms with E-state index in [1.165, 1.54) is 0 Å². The fourth-order valence-electron chi connectivity index (χ4n) is 1.11. The summed E-state index contributed by atoms with van der Waals surface area (Å²) in [5.74, 6) is 0. The standard InChI is InChI=1S/C9H8N2/c1-7-4-8(5-10)2-3-9(7)6-11/h4H,2-3H2,1H3. The second-order valence-corrected chi connectivity index (χ2v) is 2.55. The van der Waals surface area contributed by atoms with Crippen LogP contribution in [0.5, 0.6) is 0 Å². The van der Waals surface area contributed by atoms with Crippen LogP contribution in [0, 0.1) is 22.7 Å². The zero-order valence-corrected chi connectivity index (χ0v) is 6.39. The Morgan fingerprint density at radius 2 is 2.00 bits per heavy atom.